The summed E-state index contributed by atoms with van der Waals surface area (Å²) in [5, 5.41) is 11.6. The van der Waals surface area contributed by atoms with Crippen molar-refractivity contribution in [3.05, 3.63) is 74.7 Å². The lowest BCUT2D eigenvalue weighted by atomic mass is 9.95. The summed E-state index contributed by atoms with van der Waals surface area (Å²) in [4.78, 5) is 29.9. The van der Waals surface area contributed by atoms with Gasteiger partial charge in [0.2, 0.25) is 0 Å². The zero-order chi connectivity index (χ0) is 22.7. The molecule has 6 nitrogen and oxygen atoms in total. The molecule has 1 atom stereocenters. The molecule has 0 spiro atoms. The second-order valence-corrected chi connectivity index (χ2v) is 9.21. The Morgan fingerprint density at radius 3 is 2.50 bits per heavy atom. The summed E-state index contributed by atoms with van der Waals surface area (Å²) in [5.74, 6) is -1.46. The second-order valence-electron chi connectivity index (χ2n) is 7.86. The maximum absolute atomic E-state index is 13.1. The minimum absolute atomic E-state index is 0.0989. The van der Waals surface area contributed by atoms with Gasteiger partial charge in [-0.1, -0.05) is 39.7 Å². The Hall–Kier alpha value is -2.19. The van der Waals surface area contributed by atoms with Crippen LogP contribution in [-0.2, 0) is 14.3 Å². The molecule has 2 aliphatic heterocycles. The summed E-state index contributed by atoms with van der Waals surface area (Å²) >= 11 is 9.44. The van der Waals surface area contributed by atoms with E-state index in [1.165, 1.54) is 0 Å². The van der Waals surface area contributed by atoms with Crippen LogP contribution in [0.3, 0.4) is 0 Å². The van der Waals surface area contributed by atoms with Gasteiger partial charge in [0.25, 0.3) is 11.7 Å². The summed E-state index contributed by atoms with van der Waals surface area (Å²) in [6, 6.07) is 13.4. The molecule has 2 saturated heterocycles. The van der Waals surface area contributed by atoms with Crippen molar-refractivity contribution in [1.29, 1.82) is 0 Å². The average molecular weight is 520 g/mol. The topological polar surface area (TPSA) is 70.1 Å². The molecule has 4 rings (SSSR count). The highest BCUT2D eigenvalue weighted by molar-refractivity contribution is 9.10. The fourth-order valence-corrected chi connectivity index (χ4v) is 4.73. The van der Waals surface area contributed by atoms with Crippen molar-refractivity contribution < 1.29 is 19.4 Å². The number of rotatable bonds is 6. The molecule has 2 aromatic rings. The van der Waals surface area contributed by atoms with Gasteiger partial charge in [-0.3, -0.25) is 14.5 Å². The van der Waals surface area contributed by atoms with E-state index in [0.717, 1.165) is 36.1 Å². The first-order valence-electron chi connectivity index (χ1n) is 10.6. The maximum atomic E-state index is 13.1. The van der Waals surface area contributed by atoms with Gasteiger partial charge in [-0.25, -0.2) is 0 Å². The Morgan fingerprint density at radius 2 is 1.81 bits per heavy atom. The highest BCUT2D eigenvalue weighted by atomic mass is 79.9. The summed E-state index contributed by atoms with van der Waals surface area (Å²) in [6.07, 6.45) is 0.721. The highest BCUT2D eigenvalue weighted by Gasteiger charge is 2.45. The van der Waals surface area contributed by atoms with Crippen LogP contribution < -0.4 is 0 Å². The zero-order valence-electron chi connectivity index (χ0n) is 17.5. The molecular formula is C24H24BrClN2O4. The fraction of sp³-hybridized carbons (Fsp3) is 0.333. The Balaban J connectivity index is 1.67. The van der Waals surface area contributed by atoms with Gasteiger partial charge in [-0.15, -0.1) is 0 Å². The Kier molecular flexibility index (Phi) is 7.30. The van der Waals surface area contributed by atoms with E-state index < -0.39 is 17.7 Å². The highest BCUT2D eigenvalue weighted by Crippen LogP contribution is 2.40. The first-order valence-corrected chi connectivity index (χ1v) is 11.7. The molecule has 2 heterocycles. The van der Waals surface area contributed by atoms with Crippen LogP contribution in [-0.4, -0.2) is 66.0 Å². The second kappa shape index (κ2) is 10.2. The third kappa shape index (κ3) is 4.91. The van der Waals surface area contributed by atoms with Crippen LogP contribution in [0, 0.1) is 0 Å². The number of nitrogens with zero attached hydrogens (tertiary/aromatic N) is 2. The van der Waals surface area contributed by atoms with Crippen molar-refractivity contribution in [2.24, 2.45) is 0 Å². The molecule has 0 saturated carbocycles. The van der Waals surface area contributed by atoms with Gasteiger partial charge < -0.3 is 14.7 Å². The van der Waals surface area contributed by atoms with Gasteiger partial charge in [-0.2, -0.15) is 0 Å². The van der Waals surface area contributed by atoms with E-state index in [1.807, 2.05) is 24.3 Å². The van der Waals surface area contributed by atoms with Gasteiger partial charge in [0, 0.05) is 41.2 Å². The third-order valence-electron chi connectivity index (χ3n) is 5.80. The molecule has 1 N–H and O–H groups in total. The largest absolute Gasteiger partial charge is 0.507 e. The lowest BCUT2D eigenvalue weighted by Crippen LogP contribution is -2.38. The van der Waals surface area contributed by atoms with Crippen LogP contribution >= 0.6 is 27.5 Å². The van der Waals surface area contributed by atoms with Crippen molar-refractivity contribution in [3.8, 4) is 0 Å². The van der Waals surface area contributed by atoms with Crippen LogP contribution in [0.4, 0.5) is 0 Å². The molecule has 2 aromatic carbocycles. The number of aliphatic hydroxyl groups excluding tert-OH is 1. The van der Waals surface area contributed by atoms with Gasteiger partial charge in [0.1, 0.15) is 5.76 Å². The average Bonchev–Trinajstić information content (AvgIpc) is 3.05. The van der Waals surface area contributed by atoms with Crippen molar-refractivity contribution >= 4 is 45.0 Å². The first-order chi connectivity index (χ1) is 15.5. The molecule has 1 amide bonds. The number of benzene rings is 2. The molecule has 0 radical (unpaired) electrons. The van der Waals surface area contributed by atoms with Crippen molar-refractivity contribution in [1.82, 2.24) is 9.80 Å². The number of ether oxygens (including phenoxy) is 1. The molecule has 0 aromatic heterocycles. The van der Waals surface area contributed by atoms with Gasteiger partial charge in [0.05, 0.1) is 24.8 Å². The summed E-state index contributed by atoms with van der Waals surface area (Å²) in [5.41, 5.74) is 1.31. The molecule has 0 unspecified atom stereocenters. The van der Waals surface area contributed by atoms with Crippen LogP contribution in [0.25, 0.3) is 5.76 Å². The predicted octanol–water partition coefficient (Wildman–Crippen LogP) is 4.25. The lowest BCUT2D eigenvalue weighted by molar-refractivity contribution is -0.140. The van der Waals surface area contributed by atoms with E-state index >= 15 is 0 Å². The molecule has 2 aliphatic rings. The molecule has 2 fully saturated rings. The van der Waals surface area contributed by atoms with Crippen molar-refractivity contribution in [2.45, 2.75) is 12.5 Å². The standard InChI is InChI=1S/C24H24BrClN2O4/c25-18-4-1-3-17(15-18)21-20(22(29)16-5-7-19(26)8-6-16)23(30)24(31)28(21)10-2-9-27-11-13-32-14-12-27/h1,3-8,15,21,29H,2,9-14H2/t21-/m0/s1. The van der Waals surface area contributed by atoms with Crippen LogP contribution in [0.1, 0.15) is 23.6 Å². The van der Waals surface area contributed by atoms with Crippen LogP contribution in [0.15, 0.2) is 58.6 Å². The summed E-state index contributed by atoms with van der Waals surface area (Å²) in [6.45, 7) is 4.38. The molecule has 8 heteroatoms. The number of halogens is 2. The SMILES string of the molecule is O=C1C(=O)N(CCCN2CCOCC2)[C@@H](c2cccc(Br)c2)C1=C(O)c1ccc(Cl)cc1. The number of carbonyl (C=O) groups is 2. The molecule has 0 bridgehead atoms. The molecule has 32 heavy (non-hydrogen) atoms. The van der Waals surface area contributed by atoms with Gasteiger partial charge in [-0.05, 0) is 48.4 Å². The fourth-order valence-electron chi connectivity index (χ4n) is 4.19. The maximum Gasteiger partial charge on any atom is 0.295 e. The quantitative estimate of drug-likeness (QED) is 0.351. The van der Waals surface area contributed by atoms with Crippen LogP contribution in [0.5, 0.6) is 0 Å². The Morgan fingerprint density at radius 1 is 1.09 bits per heavy atom. The van der Waals surface area contributed by atoms with E-state index in [9.17, 15) is 14.7 Å². The first kappa shape index (κ1) is 23.0. The molecule has 168 valence electrons. The lowest BCUT2D eigenvalue weighted by Gasteiger charge is -2.29. The minimum atomic E-state index is -0.672. The zero-order valence-corrected chi connectivity index (χ0v) is 19.8. The predicted molar refractivity (Wildman–Crippen MR) is 126 cm³/mol. The van der Waals surface area contributed by atoms with E-state index in [4.69, 9.17) is 16.3 Å². The van der Waals surface area contributed by atoms with Crippen molar-refractivity contribution in [3.63, 3.8) is 0 Å². The van der Waals surface area contributed by atoms with Gasteiger partial charge >= 0.3 is 0 Å². The van der Waals surface area contributed by atoms with E-state index in [1.54, 1.807) is 29.2 Å². The van der Waals surface area contributed by atoms with E-state index in [-0.39, 0.29) is 11.3 Å². The van der Waals surface area contributed by atoms with Crippen molar-refractivity contribution in [2.75, 3.05) is 39.4 Å². The summed E-state index contributed by atoms with van der Waals surface area (Å²) < 4.78 is 6.22. The number of amides is 1. The summed E-state index contributed by atoms with van der Waals surface area (Å²) in [7, 11) is 0. The number of likely N-dealkylation sites (tertiary alicyclic amines) is 1. The Labute approximate surface area is 200 Å². The number of morpholine rings is 1. The normalized spacial score (nSPS) is 21.3. The third-order valence-corrected chi connectivity index (χ3v) is 6.54. The molecule has 0 aliphatic carbocycles. The van der Waals surface area contributed by atoms with Crippen LogP contribution in [0.2, 0.25) is 5.02 Å². The number of hydrogen-bond acceptors (Lipinski definition) is 5. The number of hydrogen-bond donors (Lipinski definition) is 1. The van der Waals surface area contributed by atoms with E-state index in [2.05, 4.69) is 20.8 Å². The number of ketones is 1. The van der Waals surface area contributed by atoms with E-state index in [0.29, 0.717) is 30.3 Å². The monoisotopic (exact) mass is 518 g/mol. The smallest absolute Gasteiger partial charge is 0.295 e. The van der Waals surface area contributed by atoms with Gasteiger partial charge in [0.15, 0.2) is 0 Å². The Bertz CT molecular complexity index is 1030. The minimum Gasteiger partial charge on any atom is -0.507 e. The number of aliphatic hydroxyl groups is 1. The number of Topliss-reactive ketones (excluding diaryl/α,β-unsaturated/α-hetero) is 1. The molecular weight excluding hydrogens is 496 g/mol. The number of carbonyl (C=O) groups excluding carboxylic acids is 2.